The van der Waals surface area contributed by atoms with Crippen molar-refractivity contribution in [1.82, 2.24) is 4.98 Å². The quantitative estimate of drug-likeness (QED) is 0.410. The van der Waals surface area contributed by atoms with Crippen LogP contribution in [0.1, 0.15) is 0 Å². The number of ether oxygens (including phenoxy) is 3. The summed E-state index contributed by atoms with van der Waals surface area (Å²) in [6, 6.07) is 1.86. The first-order valence-corrected chi connectivity index (χ1v) is 7.80. The molecule has 1 N–H and O–H groups in total. The Hall–Kier alpha value is -1.93. The highest BCUT2D eigenvalue weighted by Crippen LogP contribution is 2.48. The van der Waals surface area contributed by atoms with Gasteiger partial charge in [0.25, 0.3) is 0 Å². The largest absolute Gasteiger partial charge is 0.527 e. The third-order valence-electron chi connectivity index (χ3n) is 2.67. The Morgan fingerprint density at radius 1 is 0.750 bits per heavy atom. The Labute approximate surface area is 174 Å². The second kappa shape index (κ2) is 8.78. The molecule has 0 aliphatic heterocycles. The number of rotatable bonds is 9. The van der Waals surface area contributed by atoms with Gasteiger partial charge in [-0.25, -0.2) is 19.2 Å². The molecule has 1 aromatic heterocycles. The number of halogens is 14. The third-order valence-corrected chi connectivity index (χ3v) is 3.14. The van der Waals surface area contributed by atoms with E-state index in [1.807, 2.05) is 0 Å². The monoisotopic (exact) mass is 566 g/mol. The molecule has 20 heteroatoms. The van der Waals surface area contributed by atoms with Crippen LogP contribution in [0.25, 0.3) is 0 Å². The Bertz CT molecular complexity index is 816. The van der Waals surface area contributed by atoms with Crippen molar-refractivity contribution in [2.24, 2.45) is 0 Å². The summed E-state index contributed by atoms with van der Waals surface area (Å²) >= 11 is 2.84. The molecule has 0 radical (unpaired) electrons. The number of nitrogens with zero attached hydrogens (tertiary/aromatic N) is 1. The predicted molar refractivity (Wildman–Crippen MR) is 74.6 cm³/mol. The number of carbonyl (C=O) groups excluding carboxylic acids is 1. The van der Waals surface area contributed by atoms with Crippen molar-refractivity contribution < 1.29 is 76.1 Å². The van der Waals surface area contributed by atoms with Crippen molar-refractivity contribution >= 4 is 27.7 Å². The van der Waals surface area contributed by atoms with E-state index in [4.69, 9.17) is 0 Å². The molecule has 0 fully saturated rings. The summed E-state index contributed by atoms with van der Waals surface area (Å²) in [4.78, 5) is 14.5. The van der Waals surface area contributed by atoms with E-state index in [1.165, 1.54) is 4.74 Å². The summed E-state index contributed by atoms with van der Waals surface area (Å²) in [5.41, 5.74) is 0. The summed E-state index contributed by atoms with van der Waals surface area (Å²) < 4.78 is 172. The molecule has 6 nitrogen and oxygen atoms in total. The number of amides is 1. The topological polar surface area (TPSA) is 69.7 Å². The Kier molecular flexibility index (Phi) is 7.71. The highest BCUT2D eigenvalue weighted by molar-refractivity contribution is 9.10. The van der Waals surface area contributed by atoms with Crippen LogP contribution in [0.15, 0.2) is 22.8 Å². The molecule has 0 bridgehead atoms. The van der Waals surface area contributed by atoms with Crippen LogP contribution in [-0.4, -0.2) is 47.8 Å². The van der Waals surface area contributed by atoms with Gasteiger partial charge in [0.05, 0.1) is 0 Å². The van der Waals surface area contributed by atoms with Crippen LogP contribution in [0, 0.1) is 0 Å². The average Bonchev–Trinajstić information content (AvgIpc) is 2.52. The van der Waals surface area contributed by atoms with E-state index in [-0.39, 0.29) is 4.47 Å². The van der Waals surface area contributed by atoms with Crippen molar-refractivity contribution in [2.75, 3.05) is 5.32 Å². The maximum atomic E-state index is 13.4. The number of nitrogens with one attached hydrogen (secondary N) is 1. The van der Waals surface area contributed by atoms with Crippen LogP contribution < -0.4 is 5.32 Å². The van der Waals surface area contributed by atoms with Gasteiger partial charge < -0.3 is 5.32 Å². The predicted octanol–water partition coefficient (Wildman–Crippen LogP) is 5.32. The molecule has 0 unspecified atom stereocenters. The minimum atomic E-state index is -7.17. The van der Waals surface area contributed by atoms with E-state index in [0.29, 0.717) is 0 Å². The summed E-state index contributed by atoms with van der Waals surface area (Å²) in [5, 5.41) is 1.10. The lowest BCUT2D eigenvalue weighted by molar-refractivity contribution is -0.561. The molecule has 0 aromatic carbocycles. The van der Waals surface area contributed by atoms with Gasteiger partial charge in [-0.05, 0) is 28.1 Å². The molecule has 0 atom stereocenters. The first-order chi connectivity index (χ1) is 14.0. The maximum Gasteiger partial charge on any atom is 0.527 e. The highest BCUT2D eigenvalue weighted by atomic mass is 79.9. The van der Waals surface area contributed by atoms with Crippen molar-refractivity contribution in [1.29, 1.82) is 0 Å². The molecule has 1 rings (SSSR count). The fourth-order valence-corrected chi connectivity index (χ4v) is 1.62. The smallest absolute Gasteiger partial charge is 0.303 e. The summed E-state index contributed by atoms with van der Waals surface area (Å²) in [6.45, 7) is 0. The van der Waals surface area contributed by atoms with Gasteiger partial charge in [0, 0.05) is 10.7 Å². The lowest BCUT2D eigenvalue weighted by Gasteiger charge is -2.33. The highest BCUT2D eigenvalue weighted by Gasteiger charge is 2.74. The zero-order valence-corrected chi connectivity index (χ0v) is 15.7. The minimum Gasteiger partial charge on any atom is -0.303 e. The van der Waals surface area contributed by atoms with Crippen LogP contribution in [0.3, 0.4) is 0 Å². The molecule has 1 amide bonds. The lowest BCUT2D eigenvalue weighted by Crippen LogP contribution is -2.58. The number of aromatic nitrogens is 1. The molecule has 0 aliphatic carbocycles. The molecular weight excluding hydrogens is 563 g/mol. The maximum absolute atomic E-state index is 13.4. The summed E-state index contributed by atoms with van der Waals surface area (Å²) in [5.74, 6) is -3.69. The van der Waals surface area contributed by atoms with Crippen LogP contribution >= 0.6 is 15.9 Å². The molecule has 184 valence electrons. The molecular formula is C12H4BrF13N2O4. The fraction of sp³-hybridized carbons (Fsp3) is 0.500. The third kappa shape index (κ3) is 7.04. The van der Waals surface area contributed by atoms with Gasteiger partial charge in [-0.2, -0.15) is 43.9 Å². The van der Waals surface area contributed by atoms with Gasteiger partial charge in [-0.3, -0.25) is 4.79 Å². The van der Waals surface area contributed by atoms with Crippen LogP contribution in [-0.2, 0) is 19.0 Å². The van der Waals surface area contributed by atoms with E-state index in [9.17, 15) is 61.9 Å². The minimum absolute atomic E-state index is 0.231. The SMILES string of the molecule is O=C(Nc1ccc(Br)cn1)C(F)(F)OC(F)(F)C(F)(F)OC(F)(F)C(F)(F)OC(F)(F)F. The van der Waals surface area contributed by atoms with E-state index in [1.54, 1.807) is 4.74 Å². The Morgan fingerprint density at radius 2 is 1.19 bits per heavy atom. The number of hydrogen-bond acceptors (Lipinski definition) is 5. The van der Waals surface area contributed by atoms with Gasteiger partial charge in [-0.15, -0.1) is 13.2 Å². The number of alkyl halides is 13. The van der Waals surface area contributed by atoms with E-state index < -0.39 is 48.6 Å². The number of pyridine rings is 1. The second-order valence-corrected chi connectivity index (χ2v) is 6.07. The molecule has 1 heterocycles. The van der Waals surface area contributed by atoms with Crippen molar-refractivity contribution in [3.05, 3.63) is 22.8 Å². The first-order valence-electron chi connectivity index (χ1n) is 7.01. The van der Waals surface area contributed by atoms with E-state index in [2.05, 4.69) is 25.7 Å². The number of carbonyl (C=O) groups is 1. The second-order valence-electron chi connectivity index (χ2n) is 5.15. The number of anilines is 1. The molecule has 32 heavy (non-hydrogen) atoms. The van der Waals surface area contributed by atoms with Gasteiger partial charge in [0.15, 0.2) is 0 Å². The number of hydrogen-bond donors (Lipinski definition) is 1. The standard InChI is InChI=1S/C12H4BrF13N2O4/c13-4-1-2-5(27-3-4)28-6(29)7(14,15)30-8(16,17)9(18,19)31-10(20,21)11(22,23)32-12(24,25)26/h1-3H,(H,27,28,29). The zero-order valence-electron chi connectivity index (χ0n) is 14.1. The molecule has 1 aromatic rings. The van der Waals surface area contributed by atoms with Crippen molar-refractivity contribution in [2.45, 2.75) is 36.9 Å². The van der Waals surface area contributed by atoms with Crippen molar-refractivity contribution in [3.63, 3.8) is 0 Å². The van der Waals surface area contributed by atoms with Crippen molar-refractivity contribution in [3.8, 4) is 0 Å². The summed E-state index contributed by atoms with van der Waals surface area (Å²) in [6.07, 6.45) is -40.0. The first kappa shape index (κ1) is 28.1. The molecule has 0 spiro atoms. The molecule has 0 saturated heterocycles. The van der Waals surface area contributed by atoms with Gasteiger partial charge in [-0.1, -0.05) is 0 Å². The molecule has 0 saturated carbocycles. The zero-order chi connectivity index (χ0) is 25.4. The average molecular weight is 567 g/mol. The van der Waals surface area contributed by atoms with E-state index >= 15 is 0 Å². The van der Waals surface area contributed by atoms with Crippen LogP contribution in [0.5, 0.6) is 0 Å². The fourth-order valence-electron chi connectivity index (χ4n) is 1.39. The van der Waals surface area contributed by atoms with E-state index in [0.717, 1.165) is 23.6 Å². The lowest BCUT2D eigenvalue weighted by atomic mass is 10.4. The van der Waals surface area contributed by atoms with Crippen LogP contribution in [0.4, 0.5) is 62.9 Å². The molecule has 0 aliphatic rings. The van der Waals surface area contributed by atoms with Gasteiger partial charge in [0.2, 0.25) is 0 Å². The Balaban J connectivity index is 3.03. The summed E-state index contributed by atoms with van der Waals surface area (Å²) in [7, 11) is 0. The van der Waals surface area contributed by atoms with Crippen LogP contribution in [0.2, 0.25) is 0 Å². The Morgan fingerprint density at radius 3 is 1.59 bits per heavy atom. The van der Waals surface area contributed by atoms with Gasteiger partial charge in [0.1, 0.15) is 5.82 Å². The normalized spacial score (nSPS) is 14.4. The van der Waals surface area contributed by atoms with Gasteiger partial charge >= 0.3 is 42.8 Å².